The first kappa shape index (κ1) is 36.0. The second-order valence-corrected chi connectivity index (χ2v) is 13.6. The van der Waals surface area contributed by atoms with Crippen molar-refractivity contribution in [1.82, 2.24) is 38.9 Å². The van der Waals surface area contributed by atoms with Crippen molar-refractivity contribution in [2.45, 2.75) is 64.5 Å². The van der Waals surface area contributed by atoms with Crippen LogP contribution in [0.15, 0.2) is 35.4 Å². The zero-order chi connectivity index (χ0) is 38.0. The maximum absolute atomic E-state index is 14.4. The van der Waals surface area contributed by atoms with Crippen LogP contribution in [0.2, 0.25) is 5.02 Å². The molecule has 19 heteroatoms. The van der Waals surface area contributed by atoms with Gasteiger partial charge in [-0.15, -0.1) is 5.10 Å². The molecule has 7 rings (SSSR count). The van der Waals surface area contributed by atoms with Crippen molar-refractivity contribution < 1.29 is 37.4 Å². The number of nitrogens with zero attached hydrogens (tertiary/aromatic N) is 8. The first-order chi connectivity index (χ1) is 25.1. The summed E-state index contributed by atoms with van der Waals surface area (Å²) in [4.78, 5) is 69.0. The zero-order valence-electron chi connectivity index (χ0n) is 28.7. The molecule has 1 spiro atoms. The second kappa shape index (κ2) is 13.2. The molecule has 3 aromatic heterocycles. The number of aromatic nitrogens is 6. The van der Waals surface area contributed by atoms with Crippen molar-refractivity contribution in [3.8, 4) is 5.75 Å². The number of carbonyl (C=O) groups is 3. The Morgan fingerprint density at radius 1 is 1.13 bits per heavy atom. The molecule has 0 unspecified atom stereocenters. The van der Waals surface area contributed by atoms with Gasteiger partial charge in [-0.05, 0) is 56.9 Å². The Morgan fingerprint density at radius 2 is 1.87 bits per heavy atom. The highest BCUT2D eigenvalue weighted by molar-refractivity contribution is 6.33. The Morgan fingerprint density at radius 3 is 2.51 bits per heavy atom. The third kappa shape index (κ3) is 6.39. The van der Waals surface area contributed by atoms with Gasteiger partial charge in [0, 0.05) is 33.1 Å². The molecule has 1 aromatic carbocycles. The number of rotatable bonds is 5. The lowest BCUT2D eigenvalue weighted by atomic mass is 9.85. The fourth-order valence-electron chi connectivity index (χ4n) is 7.17. The van der Waals surface area contributed by atoms with E-state index in [0.717, 1.165) is 16.6 Å². The summed E-state index contributed by atoms with van der Waals surface area (Å²) in [5.41, 5.74) is -1.33. The molecule has 15 nitrogen and oxygen atoms in total. The molecule has 278 valence electrons. The molecular weight excluding hydrogens is 723 g/mol. The average Bonchev–Trinajstić information content (AvgIpc) is 3.68. The van der Waals surface area contributed by atoms with Gasteiger partial charge in [0.1, 0.15) is 18.5 Å². The lowest BCUT2D eigenvalue weighted by Crippen LogP contribution is -2.47. The minimum absolute atomic E-state index is 0.0297. The van der Waals surface area contributed by atoms with Crippen LogP contribution in [-0.2, 0) is 32.6 Å². The van der Waals surface area contributed by atoms with Crippen molar-refractivity contribution in [2.75, 3.05) is 31.5 Å². The van der Waals surface area contributed by atoms with Crippen LogP contribution >= 0.6 is 11.6 Å². The average molecular weight is 756 g/mol. The predicted molar refractivity (Wildman–Crippen MR) is 182 cm³/mol. The van der Waals surface area contributed by atoms with E-state index in [1.54, 1.807) is 24.8 Å². The highest BCUT2D eigenvalue weighted by Crippen LogP contribution is 2.48. The molecule has 0 saturated carbocycles. The van der Waals surface area contributed by atoms with Gasteiger partial charge < -0.3 is 29.5 Å². The van der Waals surface area contributed by atoms with Gasteiger partial charge in [0.2, 0.25) is 17.6 Å². The molecule has 2 N–H and O–H groups in total. The van der Waals surface area contributed by atoms with Crippen LogP contribution in [0.3, 0.4) is 0 Å². The maximum atomic E-state index is 14.4. The van der Waals surface area contributed by atoms with Crippen LogP contribution in [0.1, 0.15) is 78.0 Å². The molecule has 0 bridgehead atoms. The van der Waals surface area contributed by atoms with Crippen LogP contribution < -0.4 is 10.9 Å². The number of alkyl halides is 3. The van der Waals surface area contributed by atoms with E-state index >= 15 is 0 Å². The molecule has 1 fully saturated rings. The third-order valence-electron chi connectivity index (χ3n) is 9.91. The normalized spacial score (nSPS) is 18.3. The van der Waals surface area contributed by atoms with Gasteiger partial charge in [0.05, 0.1) is 39.3 Å². The molecule has 0 radical (unpaired) electrons. The third-order valence-corrected chi connectivity index (χ3v) is 10.2. The zero-order valence-corrected chi connectivity index (χ0v) is 29.5. The van der Waals surface area contributed by atoms with Crippen molar-refractivity contribution in [1.29, 1.82) is 0 Å². The van der Waals surface area contributed by atoms with Crippen LogP contribution in [0.4, 0.5) is 18.9 Å². The summed E-state index contributed by atoms with van der Waals surface area (Å²) < 4.78 is 48.9. The minimum Gasteiger partial charge on any atom is -0.504 e. The van der Waals surface area contributed by atoms with E-state index in [0.29, 0.717) is 36.8 Å². The summed E-state index contributed by atoms with van der Waals surface area (Å²) in [5, 5.41) is 17.2. The van der Waals surface area contributed by atoms with Gasteiger partial charge in [0.25, 0.3) is 11.5 Å². The number of hydrogen-bond donors (Lipinski definition) is 2. The molecule has 3 aliphatic heterocycles. The number of aromatic hydroxyl groups is 1. The Kier molecular flexibility index (Phi) is 9.00. The van der Waals surface area contributed by atoms with Gasteiger partial charge in [-0.25, -0.2) is 9.97 Å². The number of hydrogen-bond acceptors (Lipinski definition) is 10. The highest BCUT2D eigenvalue weighted by atomic mass is 35.5. The topological polar surface area (TPSA) is 177 Å². The summed E-state index contributed by atoms with van der Waals surface area (Å²) in [6, 6.07) is 2.57. The van der Waals surface area contributed by atoms with Gasteiger partial charge >= 0.3 is 6.18 Å². The molecule has 3 aliphatic rings. The molecule has 1 atom stereocenters. The summed E-state index contributed by atoms with van der Waals surface area (Å²) in [6.07, 6.45) is -1.59. The van der Waals surface area contributed by atoms with E-state index < -0.39 is 47.4 Å². The molecule has 0 aliphatic carbocycles. The van der Waals surface area contributed by atoms with Crippen molar-refractivity contribution in [2.24, 2.45) is 0 Å². The van der Waals surface area contributed by atoms with Crippen LogP contribution in [-0.4, -0.2) is 87.9 Å². The Balaban J connectivity index is 1.27. The first-order valence-electron chi connectivity index (χ1n) is 16.7. The fourth-order valence-corrected chi connectivity index (χ4v) is 7.39. The Bertz CT molecular complexity index is 2280. The van der Waals surface area contributed by atoms with E-state index in [2.05, 4.69) is 25.4 Å². The van der Waals surface area contributed by atoms with Crippen LogP contribution in [0.25, 0.3) is 11.4 Å². The summed E-state index contributed by atoms with van der Waals surface area (Å²) in [6.45, 7) is 5.32. The van der Waals surface area contributed by atoms with Gasteiger partial charge in [-0.2, -0.15) is 22.7 Å². The van der Waals surface area contributed by atoms with E-state index in [1.807, 2.05) is 0 Å². The van der Waals surface area contributed by atoms with E-state index in [1.165, 1.54) is 22.7 Å². The molecule has 4 aromatic rings. The maximum Gasteiger partial charge on any atom is 0.416 e. The van der Waals surface area contributed by atoms with Gasteiger partial charge in [-0.1, -0.05) is 17.7 Å². The van der Waals surface area contributed by atoms with Gasteiger partial charge in [0.15, 0.2) is 17.3 Å². The highest BCUT2D eigenvalue weighted by Gasteiger charge is 2.51. The number of likely N-dealkylation sites (tertiary alicyclic amines) is 1. The summed E-state index contributed by atoms with van der Waals surface area (Å²) in [7, 11) is 0. The number of ether oxygens (including phenoxy) is 1. The SMILES string of the molecule is CC(=O)N1CC=C(c2nc3n(CC(=O)Nc4ccc(C(F)(F)F)cc4Cl)c4c(c(=O)n3n2)C2(CCN(C(=O)c3ncnc(C)c3O)CC2)O[C@@H]4C)CC1. The molecule has 53 heavy (non-hydrogen) atoms. The molecule has 1 saturated heterocycles. The quantitative estimate of drug-likeness (QED) is 0.304. The monoisotopic (exact) mass is 755 g/mol. The van der Waals surface area contributed by atoms with Crippen molar-refractivity contribution in [3.05, 3.63) is 80.0 Å². The standard InChI is InChI=1S/C34H33ClF3N9O6/c1-17-28(50)26(40-16-39-17)31(52)45-12-8-33(9-13-45)25-27(18(2)53-33)46(15-24(49)41-23-5-4-21(14-22(23)35)34(36,37)38)32-42-29(43-47(32)30(25)51)20-6-10-44(11-7-20)19(3)48/h4-6,14,16,18,50H,7-13,15H2,1-3H3,(H,41,49)/t18-/m1/s1. The molecule has 6 heterocycles. The fraction of sp³-hybridized carbons (Fsp3) is 0.412. The molecular formula is C34H33ClF3N9O6. The minimum atomic E-state index is -4.63. The number of fused-ring (bicyclic) bond motifs is 3. The lowest BCUT2D eigenvalue weighted by Gasteiger charge is -2.39. The van der Waals surface area contributed by atoms with Crippen LogP contribution in [0.5, 0.6) is 5.75 Å². The van der Waals surface area contributed by atoms with E-state index in [-0.39, 0.29) is 76.9 Å². The lowest BCUT2D eigenvalue weighted by molar-refractivity contribution is -0.137. The number of nitrogens with one attached hydrogen (secondary N) is 1. The summed E-state index contributed by atoms with van der Waals surface area (Å²) >= 11 is 6.13. The number of carbonyl (C=O) groups excluding carboxylic acids is 3. The second-order valence-electron chi connectivity index (χ2n) is 13.2. The van der Waals surface area contributed by atoms with Gasteiger partial charge in [-0.3, -0.25) is 19.2 Å². The molecule has 3 amide bonds. The van der Waals surface area contributed by atoms with Crippen molar-refractivity contribution in [3.63, 3.8) is 0 Å². The smallest absolute Gasteiger partial charge is 0.416 e. The Labute approximate surface area is 304 Å². The number of amides is 3. The number of benzene rings is 1. The van der Waals surface area contributed by atoms with Crippen LogP contribution in [0, 0.1) is 6.92 Å². The number of aryl methyl sites for hydroxylation is 1. The Hall–Kier alpha value is -5.36. The van der Waals surface area contributed by atoms with E-state index in [4.69, 9.17) is 16.3 Å². The first-order valence-corrected chi connectivity index (χ1v) is 17.1. The van der Waals surface area contributed by atoms with Crippen molar-refractivity contribution >= 4 is 46.4 Å². The number of piperidine rings is 1. The number of halogens is 4. The predicted octanol–water partition coefficient (Wildman–Crippen LogP) is 3.86. The largest absolute Gasteiger partial charge is 0.504 e. The van der Waals surface area contributed by atoms with E-state index in [9.17, 15) is 37.5 Å². The summed E-state index contributed by atoms with van der Waals surface area (Å²) in [5.74, 6) is -1.33. The number of anilines is 1.